The Balaban J connectivity index is 0.00000922. The summed E-state index contributed by atoms with van der Waals surface area (Å²) in [6, 6.07) is 51.7. The maximum absolute atomic E-state index is 12.9. The van der Waals surface area contributed by atoms with Gasteiger partial charge in [0.2, 0.25) is 0 Å². The Bertz CT molecular complexity index is 4220. The van der Waals surface area contributed by atoms with Crippen molar-refractivity contribution in [2.75, 3.05) is 0 Å². The minimum atomic E-state index is -3.83. The predicted octanol–water partition coefficient (Wildman–Crippen LogP) is 18.8. The summed E-state index contributed by atoms with van der Waals surface area (Å²) in [5, 5.41) is 12.9. The van der Waals surface area contributed by atoms with Crippen LogP contribution >= 0.6 is 0 Å². The van der Waals surface area contributed by atoms with Gasteiger partial charge < -0.3 is 5.11 Å². The maximum Gasteiger partial charge on any atom is 0.148 e. The third-order valence-corrected chi connectivity index (χ3v) is 13.7. The van der Waals surface area contributed by atoms with Gasteiger partial charge in [-0.1, -0.05) is 239 Å². The Kier molecular flexibility index (Phi) is 10.3. The Labute approximate surface area is 478 Å². The fraction of sp³-hybridized carbons (Fsp3) is 0.229. The molecule has 380 valence electrons. The second-order valence-electron chi connectivity index (χ2n) is 22.3. The van der Waals surface area contributed by atoms with Crippen LogP contribution in [0.1, 0.15) is 123 Å². The van der Waals surface area contributed by atoms with Crippen LogP contribution in [0.5, 0.6) is 5.75 Å². The number of nitrogens with zero attached hydrogens (tertiary/aromatic N) is 3. The normalized spacial score (nSPS) is 15.2. The molecule has 0 fully saturated rings. The molecule has 4 nitrogen and oxygen atoms in total. The number of aromatic hydroxyl groups is 1. The number of pyridine rings is 1. The topological polar surface area (TPSA) is 50.9 Å². The van der Waals surface area contributed by atoms with Crippen LogP contribution in [0, 0.1) is 6.07 Å². The summed E-state index contributed by atoms with van der Waals surface area (Å²) < 4.78 is 114. The second-order valence-corrected chi connectivity index (χ2v) is 22.3. The number of benzene rings is 8. The number of phenolic OH excluding ortho intramolecular Hbond substituents is 1. The number of imidazole rings is 1. The van der Waals surface area contributed by atoms with E-state index in [0.29, 0.717) is 33.6 Å². The zero-order valence-electron chi connectivity index (χ0n) is 56.7. The van der Waals surface area contributed by atoms with Crippen molar-refractivity contribution in [3.63, 3.8) is 0 Å². The fourth-order valence-corrected chi connectivity index (χ4v) is 9.68. The number of rotatable bonds is 8. The molecule has 10 rings (SSSR count). The van der Waals surface area contributed by atoms with E-state index in [-0.39, 0.29) is 54.5 Å². The number of fused-ring (bicyclic) bond motifs is 1. The van der Waals surface area contributed by atoms with Gasteiger partial charge in [0.05, 0.1) is 27.8 Å². The third kappa shape index (κ3) is 10.6. The van der Waals surface area contributed by atoms with Crippen LogP contribution < -0.4 is 0 Å². The van der Waals surface area contributed by atoms with Crippen molar-refractivity contribution in [3.8, 4) is 89.7 Å². The molecule has 0 spiro atoms. The Morgan fingerprint density at radius 3 is 1.68 bits per heavy atom. The van der Waals surface area contributed by atoms with Crippen molar-refractivity contribution in [3.05, 3.63) is 216 Å². The summed E-state index contributed by atoms with van der Waals surface area (Å²) >= 11 is 0. The monoisotopic (exact) mass is 1170 g/mol. The van der Waals surface area contributed by atoms with Crippen molar-refractivity contribution in [2.24, 2.45) is 0 Å². The Hall–Kier alpha value is -7.13. The van der Waals surface area contributed by atoms with Gasteiger partial charge in [-0.25, -0.2) is 4.98 Å². The summed E-state index contributed by atoms with van der Waals surface area (Å²) in [6.07, 6.45) is 1.42. The molecule has 0 aliphatic carbocycles. The van der Waals surface area contributed by atoms with Crippen molar-refractivity contribution in [1.82, 2.24) is 14.5 Å². The van der Waals surface area contributed by atoms with Crippen LogP contribution in [0.15, 0.2) is 188 Å². The molecule has 0 amide bonds. The molecule has 0 aliphatic heterocycles. The van der Waals surface area contributed by atoms with Crippen LogP contribution in [0.4, 0.5) is 0 Å². The number of aromatic nitrogens is 3. The summed E-state index contributed by atoms with van der Waals surface area (Å²) in [5.41, 5.74) is 6.85. The molecular formula is C70H68N3OPt-. The molecule has 5 heteroatoms. The first-order chi connectivity index (χ1) is 40.6. The van der Waals surface area contributed by atoms with Crippen LogP contribution in [-0.4, -0.2) is 19.6 Å². The van der Waals surface area contributed by atoms with Crippen molar-refractivity contribution < 1.29 is 44.0 Å². The smallest absolute Gasteiger partial charge is 0.148 e. The van der Waals surface area contributed by atoms with Crippen molar-refractivity contribution in [1.29, 1.82) is 0 Å². The van der Waals surface area contributed by atoms with Gasteiger partial charge in [0.15, 0.2) is 0 Å². The van der Waals surface area contributed by atoms with E-state index in [1.165, 1.54) is 12.3 Å². The minimum Gasteiger partial charge on any atom is -0.507 e. The average molecular weight is 1180 g/mol. The molecule has 75 heavy (non-hydrogen) atoms. The van der Waals surface area contributed by atoms with E-state index in [1.807, 2.05) is 97.1 Å². The summed E-state index contributed by atoms with van der Waals surface area (Å²) in [4.78, 5) is 10.5. The zero-order chi connectivity index (χ0) is 63.3. The van der Waals surface area contributed by atoms with Gasteiger partial charge in [-0.15, -0.1) is 23.8 Å². The number of para-hydroxylation sites is 1. The van der Waals surface area contributed by atoms with Gasteiger partial charge in [0, 0.05) is 56.4 Å². The van der Waals surface area contributed by atoms with Gasteiger partial charge in [-0.05, 0) is 102 Å². The van der Waals surface area contributed by atoms with Gasteiger partial charge in [0.25, 0.3) is 0 Å². The number of hydrogen-bond donors (Lipinski definition) is 1. The summed E-state index contributed by atoms with van der Waals surface area (Å²) in [6.45, 7) is 7.91. The zero-order valence-corrected chi connectivity index (χ0v) is 46.0. The Morgan fingerprint density at radius 1 is 0.480 bits per heavy atom. The van der Waals surface area contributed by atoms with Crippen LogP contribution in [0.3, 0.4) is 0 Å². The molecule has 10 aromatic rings. The second kappa shape index (κ2) is 20.2. The number of phenols is 1. The standard InChI is InChI=1S/C70H68N3O.Pt/c1-67(2,3)53-33-31-46(32-34-53)49-35-36-71-61(40-49)52-38-50(45-23-16-13-17-24-45)37-51(39-52)55-29-22-30-62-64(55)72-66(58-41-54(68(4,5)6)42-60(65(58)74)70(10,11)12)73(62)63-44-56(47-25-18-14-19-26-47)59(69(7,8)9)43-57(63)48-27-20-15-21-28-48;/h13-38,40-44,74H,1-12H3;/q-1;/i1D3,2D3,3D3,31D,32D,33D,34D;. The largest absolute Gasteiger partial charge is 0.507 e. The third-order valence-electron chi connectivity index (χ3n) is 13.7. The van der Waals surface area contributed by atoms with Crippen LogP contribution in [0.2, 0.25) is 0 Å². The first-order valence-corrected chi connectivity index (χ1v) is 25.0. The van der Waals surface area contributed by atoms with Crippen LogP contribution in [0.25, 0.3) is 95.0 Å². The molecule has 8 aromatic carbocycles. The van der Waals surface area contributed by atoms with Gasteiger partial charge >= 0.3 is 0 Å². The summed E-state index contributed by atoms with van der Waals surface area (Å²) in [5.74, 6) is 0.609. The molecule has 0 atom stereocenters. The minimum absolute atomic E-state index is 0. The molecule has 2 heterocycles. The van der Waals surface area contributed by atoms with Gasteiger partial charge in [0.1, 0.15) is 11.6 Å². The number of hydrogen-bond acceptors (Lipinski definition) is 3. The van der Waals surface area contributed by atoms with E-state index >= 15 is 0 Å². The van der Waals surface area contributed by atoms with Gasteiger partial charge in [-0.3, -0.25) is 9.55 Å². The summed E-state index contributed by atoms with van der Waals surface area (Å²) in [7, 11) is 0. The molecule has 0 aliphatic rings. The van der Waals surface area contributed by atoms with E-state index in [9.17, 15) is 7.85 Å². The van der Waals surface area contributed by atoms with Crippen molar-refractivity contribution >= 4 is 11.0 Å². The molecule has 2 aromatic heterocycles. The molecule has 1 N–H and O–H groups in total. The van der Waals surface area contributed by atoms with E-state index < -0.39 is 61.1 Å². The van der Waals surface area contributed by atoms with Crippen molar-refractivity contribution in [2.45, 2.75) is 105 Å². The molecule has 0 unspecified atom stereocenters. The van der Waals surface area contributed by atoms with E-state index in [4.69, 9.17) is 25.0 Å². The first-order valence-electron chi connectivity index (χ1n) is 31.5. The Morgan fingerprint density at radius 2 is 1.08 bits per heavy atom. The molecule has 0 bridgehead atoms. The predicted molar refractivity (Wildman–Crippen MR) is 312 cm³/mol. The van der Waals surface area contributed by atoms with E-state index in [0.717, 1.165) is 61.3 Å². The van der Waals surface area contributed by atoms with E-state index in [1.54, 1.807) is 6.07 Å². The molecule has 0 saturated heterocycles. The van der Waals surface area contributed by atoms with E-state index in [2.05, 4.69) is 121 Å². The molecular weight excluding hydrogens is 1090 g/mol. The molecule has 0 saturated carbocycles. The van der Waals surface area contributed by atoms with Gasteiger partial charge in [-0.2, -0.15) is 0 Å². The van der Waals surface area contributed by atoms with Crippen LogP contribution in [-0.2, 0) is 42.7 Å². The molecule has 0 radical (unpaired) electrons. The fourth-order valence-electron chi connectivity index (χ4n) is 9.68. The quantitative estimate of drug-likeness (QED) is 0.154. The average Bonchev–Trinajstić information content (AvgIpc) is 0.712. The SMILES string of the molecule is [2H]c1c([2H])c(C(C([2H])([2H])[2H])(C([2H])([2H])[2H])C([2H])([2H])[2H])c([2H])c([2H])c1-c1ccnc(-c2[c-]c(-c3cccc4c3nc(-c3cc(C(C)(C)C)cc(C(C)(C)C)c3O)n4-c3cc(-c4ccccc4)c(C(C)(C)C)cc3-c3ccccc3)cc(-c3ccccc3)c2)c1.[Pt]. The maximum atomic E-state index is 12.9. The first kappa shape index (κ1) is 38.4.